The van der Waals surface area contributed by atoms with Gasteiger partial charge in [0, 0.05) is 11.1 Å². The Balaban J connectivity index is 1.36. The lowest BCUT2D eigenvalue weighted by atomic mass is 9.73. The molecule has 7 rings (SSSR count). The van der Waals surface area contributed by atoms with E-state index in [2.05, 4.69) is 122 Å². The number of benzene rings is 6. The summed E-state index contributed by atoms with van der Waals surface area (Å²) in [7, 11) is 0. The Labute approximate surface area is 223 Å². The molecule has 0 saturated heterocycles. The maximum Gasteiger partial charge on any atom is 0.0991 e. The molecule has 0 saturated carbocycles. The molecule has 0 spiro atoms. The van der Waals surface area contributed by atoms with Gasteiger partial charge in [0.1, 0.15) is 0 Å². The van der Waals surface area contributed by atoms with Crippen LogP contribution in [-0.2, 0) is 5.41 Å². The highest BCUT2D eigenvalue weighted by Crippen LogP contribution is 2.51. The molecule has 1 aliphatic rings. The highest BCUT2D eigenvalue weighted by atomic mass is 15.2. The van der Waals surface area contributed by atoms with Gasteiger partial charge in [-0.05, 0) is 86.3 Å². The van der Waals surface area contributed by atoms with Crippen LogP contribution in [0.1, 0.15) is 30.5 Å². The third kappa shape index (κ3) is 3.33. The van der Waals surface area contributed by atoms with Gasteiger partial charge in [0.05, 0.1) is 23.0 Å². The quantitative estimate of drug-likeness (QED) is 0.228. The molecule has 38 heavy (non-hydrogen) atoms. The normalized spacial score (nSPS) is 13.7. The zero-order valence-electron chi connectivity index (χ0n) is 21.4. The van der Waals surface area contributed by atoms with E-state index in [4.69, 9.17) is 5.26 Å². The van der Waals surface area contributed by atoms with Gasteiger partial charge in [-0.1, -0.05) is 92.7 Å². The highest BCUT2D eigenvalue weighted by molar-refractivity contribution is 6.09. The average Bonchev–Trinajstić information content (AvgIpc) is 2.97. The second-order valence-electron chi connectivity index (χ2n) is 10.6. The lowest BCUT2D eigenvalue weighted by molar-refractivity contribution is 0.632. The third-order valence-electron chi connectivity index (χ3n) is 8.06. The Morgan fingerprint density at radius 3 is 1.76 bits per heavy atom. The minimum absolute atomic E-state index is 0.0661. The Morgan fingerprint density at radius 1 is 0.579 bits per heavy atom. The van der Waals surface area contributed by atoms with Crippen LogP contribution in [0.2, 0.25) is 0 Å². The molecule has 6 aromatic rings. The van der Waals surface area contributed by atoms with Crippen LogP contribution >= 0.6 is 0 Å². The maximum atomic E-state index is 9.11. The summed E-state index contributed by atoms with van der Waals surface area (Å²) in [5, 5.41) is 14.0. The van der Waals surface area contributed by atoms with Gasteiger partial charge in [0.2, 0.25) is 0 Å². The van der Waals surface area contributed by atoms with Gasteiger partial charge >= 0.3 is 0 Å². The summed E-state index contributed by atoms with van der Waals surface area (Å²) in [4.78, 5) is 2.41. The van der Waals surface area contributed by atoms with Crippen LogP contribution in [0.15, 0.2) is 121 Å². The van der Waals surface area contributed by atoms with Crippen molar-refractivity contribution in [1.29, 1.82) is 5.26 Å². The fourth-order valence-corrected chi connectivity index (χ4v) is 6.06. The first-order chi connectivity index (χ1) is 18.5. The Kier molecular flexibility index (Phi) is 4.90. The van der Waals surface area contributed by atoms with E-state index < -0.39 is 0 Å². The van der Waals surface area contributed by atoms with Gasteiger partial charge in [0.25, 0.3) is 0 Å². The van der Waals surface area contributed by atoms with Crippen molar-refractivity contribution >= 4 is 38.6 Å². The average molecular weight is 487 g/mol. The number of rotatable bonds is 2. The van der Waals surface area contributed by atoms with E-state index in [0.717, 1.165) is 11.1 Å². The van der Waals surface area contributed by atoms with Crippen molar-refractivity contribution in [3.8, 4) is 17.2 Å². The second kappa shape index (κ2) is 8.33. The first kappa shape index (κ1) is 22.3. The van der Waals surface area contributed by atoms with Crippen molar-refractivity contribution in [2.45, 2.75) is 19.3 Å². The molecule has 2 heteroatoms. The molecule has 0 amide bonds. The first-order valence-corrected chi connectivity index (χ1v) is 13.0. The Morgan fingerprint density at radius 2 is 1.13 bits per heavy atom. The van der Waals surface area contributed by atoms with Crippen LogP contribution in [-0.4, -0.2) is 0 Å². The van der Waals surface area contributed by atoms with Gasteiger partial charge in [-0.15, -0.1) is 0 Å². The molecule has 6 aromatic carbocycles. The maximum absolute atomic E-state index is 9.11. The van der Waals surface area contributed by atoms with Crippen LogP contribution in [0.4, 0.5) is 17.1 Å². The lowest BCUT2D eigenvalue weighted by Crippen LogP contribution is -2.30. The van der Waals surface area contributed by atoms with Crippen LogP contribution in [0.3, 0.4) is 0 Å². The summed E-state index contributed by atoms with van der Waals surface area (Å²) in [6.45, 7) is 4.64. The van der Waals surface area contributed by atoms with E-state index in [1.165, 1.54) is 49.7 Å². The predicted octanol–water partition coefficient (Wildman–Crippen LogP) is 9.64. The van der Waals surface area contributed by atoms with Crippen LogP contribution in [0.5, 0.6) is 0 Å². The van der Waals surface area contributed by atoms with Gasteiger partial charge in [-0.25, -0.2) is 0 Å². The minimum atomic E-state index is -0.0661. The van der Waals surface area contributed by atoms with Crippen molar-refractivity contribution in [1.82, 2.24) is 0 Å². The zero-order chi connectivity index (χ0) is 25.9. The Hall–Kier alpha value is -4.87. The van der Waals surface area contributed by atoms with Gasteiger partial charge in [-0.3, -0.25) is 0 Å². The molecule has 1 aliphatic heterocycles. The number of anilines is 3. The first-order valence-electron chi connectivity index (χ1n) is 13.0. The predicted molar refractivity (Wildman–Crippen MR) is 158 cm³/mol. The van der Waals surface area contributed by atoms with E-state index in [1.807, 2.05) is 24.3 Å². The van der Waals surface area contributed by atoms with Crippen molar-refractivity contribution < 1.29 is 0 Å². The molecule has 0 bridgehead atoms. The van der Waals surface area contributed by atoms with Crippen molar-refractivity contribution in [2.75, 3.05) is 4.90 Å². The molecule has 1 heterocycles. The van der Waals surface area contributed by atoms with Crippen molar-refractivity contribution in [3.63, 3.8) is 0 Å². The van der Waals surface area contributed by atoms with Gasteiger partial charge in [-0.2, -0.15) is 5.26 Å². The molecule has 180 valence electrons. The number of fused-ring (bicyclic) bond motifs is 5. The molecular weight excluding hydrogens is 460 g/mol. The fourth-order valence-electron chi connectivity index (χ4n) is 6.06. The summed E-state index contributed by atoms with van der Waals surface area (Å²) in [5.41, 5.74) is 9.21. The summed E-state index contributed by atoms with van der Waals surface area (Å²) < 4.78 is 0. The molecular formula is C36H26N2. The van der Waals surface area contributed by atoms with Gasteiger partial charge in [0.15, 0.2) is 0 Å². The van der Waals surface area contributed by atoms with Crippen LogP contribution < -0.4 is 4.90 Å². The SMILES string of the molecule is CC1(C)c2ccccc2N(c2ccc3c(ccc4cc(-c5ccc(C#N)cc5)ccc43)c2)c2ccccc21. The summed E-state index contributed by atoms with van der Waals surface area (Å²) >= 11 is 0. The Bertz CT molecular complexity index is 1860. The highest BCUT2D eigenvalue weighted by Gasteiger charge is 2.36. The second-order valence-corrected chi connectivity index (χ2v) is 10.6. The van der Waals surface area contributed by atoms with E-state index >= 15 is 0 Å². The number of hydrogen-bond donors (Lipinski definition) is 0. The van der Waals surface area contributed by atoms with Crippen molar-refractivity contribution in [3.05, 3.63) is 138 Å². The monoisotopic (exact) mass is 486 g/mol. The molecule has 0 atom stereocenters. The number of hydrogen-bond acceptors (Lipinski definition) is 2. The smallest absolute Gasteiger partial charge is 0.0991 e. The lowest BCUT2D eigenvalue weighted by Gasteiger charge is -2.42. The largest absolute Gasteiger partial charge is 0.310 e. The van der Waals surface area contributed by atoms with E-state index in [-0.39, 0.29) is 5.41 Å². The van der Waals surface area contributed by atoms with E-state index in [1.54, 1.807) is 0 Å². The van der Waals surface area contributed by atoms with E-state index in [9.17, 15) is 0 Å². The fraction of sp³-hybridized carbons (Fsp3) is 0.0833. The summed E-state index contributed by atoms with van der Waals surface area (Å²) in [5.74, 6) is 0. The molecule has 0 aromatic heterocycles. The number of nitriles is 1. The molecule has 0 radical (unpaired) electrons. The topological polar surface area (TPSA) is 27.0 Å². The summed E-state index contributed by atoms with van der Waals surface area (Å²) in [6, 6.07) is 45.5. The molecule has 0 fully saturated rings. The minimum Gasteiger partial charge on any atom is -0.310 e. The molecule has 0 unspecified atom stereocenters. The van der Waals surface area contributed by atoms with E-state index in [0.29, 0.717) is 5.56 Å². The number of nitrogens with zero attached hydrogens (tertiary/aromatic N) is 2. The third-order valence-corrected chi connectivity index (χ3v) is 8.06. The summed E-state index contributed by atoms with van der Waals surface area (Å²) in [6.07, 6.45) is 0. The van der Waals surface area contributed by atoms with Crippen molar-refractivity contribution in [2.24, 2.45) is 0 Å². The standard InChI is InChI=1S/C36H26N2/c1-36(2)32-7-3-5-9-34(32)38(35-10-6-4-8-33(35)36)29-18-20-31-28(22-29)16-15-27-21-26(17-19-30(27)31)25-13-11-24(23-37)12-14-25/h3-22H,1-2H3. The van der Waals surface area contributed by atoms with Gasteiger partial charge < -0.3 is 4.90 Å². The molecule has 2 nitrogen and oxygen atoms in total. The molecule has 0 N–H and O–H groups in total. The molecule has 0 aliphatic carbocycles. The van der Waals surface area contributed by atoms with Crippen LogP contribution in [0.25, 0.3) is 32.7 Å². The number of para-hydroxylation sites is 2. The van der Waals surface area contributed by atoms with Crippen LogP contribution in [0, 0.1) is 11.3 Å². The zero-order valence-corrected chi connectivity index (χ0v) is 21.4.